The predicted molar refractivity (Wildman–Crippen MR) is 73.9 cm³/mol. The first-order valence-electron chi connectivity index (χ1n) is 6.13. The fraction of sp³-hybridized carbons (Fsp3) is 0.615. The van der Waals surface area contributed by atoms with Crippen LogP contribution in [0, 0.1) is 0 Å². The second-order valence-electron chi connectivity index (χ2n) is 5.42. The number of aliphatic hydroxyl groups is 1. The first-order chi connectivity index (χ1) is 8.26. The number of hydrogen-bond acceptors (Lipinski definition) is 3. The summed E-state index contributed by atoms with van der Waals surface area (Å²) >= 11 is 0. The van der Waals surface area contributed by atoms with Gasteiger partial charge in [-0.1, -0.05) is 6.08 Å². The third-order valence-corrected chi connectivity index (χ3v) is 3.18. The molecule has 0 spiro atoms. The van der Waals surface area contributed by atoms with E-state index in [1.807, 2.05) is 30.8 Å². The molecule has 1 heterocycles. The van der Waals surface area contributed by atoms with E-state index in [1.54, 1.807) is 27.5 Å². The Hall–Kier alpha value is -1.07. The van der Waals surface area contributed by atoms with E-state index in [9.17, 15) is 5.11 Å². The Morgan fingerprint density at radius 3 is 2.72 bits per heavy atom. The van der Waals surface area contributed by atoms with E-state index in [4.69, 9.17) is 4.65 Å². The van der Waals surface area contributed by atoms with Gasteiger partial charge in [0.15, 0.2) is 0 Å². The highest BCUT2D eigenvalue weighted by atomic mass is 16.5. The molecule has 0 saturated carbocycles. The van der Waals surface area contributed by atoms with Crippen molar-refractivity contribution in [3.05, 3.63) is 25.0 Å². The third-order valence-electron chi connectivity index (χ3n) is 3.18. The Balaban J connectivity index is 2.53. The number of rotatable bonds is 7. The molecule has 1 N–H and O–H groups in total. The molecule has 1 radical (unpaired) electrons. The minimum atomic E-state index is -0.914. The minimum Gasteiger partial charge on any atom is -0.427 e. The van der Waals surface area contributed by atoms with Gasteiger partial charge in [0.1, 0.15) is 0 Å². The maximum Gasteiger partial charge on any atom is 0.334 e. The van der Waals surface area contributed by atoms with Crippen molar-refractivity contribution < 1.29 is 9.76 Å². The number of allylic oxidation sites excluding steroid dienone is 1. The molecule has 0 aliphatic rings. The molecule has 0 aliphatic heterocycles. The SMILES string of the molecule is C=CCCn1cc([B]OC(C)(C)C(C)(C)O)cn1. The Morgan fingerprint density at radius 1 is 1.50 bits per heavy atom. The second-order valence-corrected chi connectivity index (χ2v) is 5.42. The molecule has 0 unspecified atom stereocenters. The molecular weight excluding hydrogens is 227 g/mol. The smallest absolute Gasteiger partial charge is 0.334 e. The summed E-state index contributed by atoms with van der Waals surface area (Å²) in [7, 11) is 1.63. The van der Waals surface area contributed by atoms with Crippen molar-refractivity contribution in [1.29, 1.82) is 0 Å². The van der Waals surface area contributed by atoms with Crippen LogP contribution in [-0.4, -0.2) is 33.6 Å². The van der Waals surface area contributed by atoms with Crippen LogP contribution in [0.3, 0.4) is 0 Å². The van der Waals surface area contributed by atoms with Crippen LogP contribution in [-0.2, 0) is 11.2 Å². The Morgan fingerprint density at radius 2 is 2.17 bits per heavy atom. The third kappa shape index (κ3) is 4.00. The fourth-order valence-electron chi connectivity index (χ4n) is 1.15. The van der Waals surface area contributed by atoms with Crippen LogP contribution >= 0.6 is 0 Å². The van der Waals surface area contributed by atoms with Crippen LogP contribution < -0.4 is 5.46 Å². The number of nitrogens with zero attached hydrogens (tertiary/aromatic N) is 2. The van der Waals surface area contributed by atoms with Gasteiger partial charge in [-0.15, -0.1) is 6.58 Å². The zero-order valence-corrected chi connectivity index (χ0v) is 11.7. The summed E-state index contributed by atoms with van der Waals surface area (Å²) in [6, 6.07) is 0. The highest BCUT2D eigenvalue weighted by molar-refractivity contribution is 6.46. The van der Waals surface area contributed by atoms with Crippen LogP contribution in [0.15, 0.2) is 25.0 Å². The first kappa shape index (κ1) is 15.0. The molecule has 0 aromatic carbocycles. The molecule has 5 heteroatoms. The lowest BCUT2D eigenvalue weighted by atomic mass is 9.84. The van der Waals surface area contributed by atoms with E-state index < -0.39 is 11.2 Å². The first-order valence-corrected chi connectivity index (χ1v) is 6.13. The maximum absolute atomic E-state index is 9.97. The lowest BCUT2D eigenvalue weighted by Gasteiger charge is -2.37. The molecule has 0 saturated heterocycles. The standard InChI is InChI=1S/C13H22BN2O2/c1-6-7-8-16-10-11(9-15-16)14-18-13(4,5)12(2,3)17/h6,9-10,17H,1,7-8H2,2-5H3. The van der Waals surface area contributed by atoms with Crippen molar-refractivity contribution >= 4 is 12.9 Å². The van der Waals surface area contributed by atoms with Gasteiger partial charge in [-0.3, -0.25) is 4.68 Å². The van der Waals surface area contributed by atoms with Gasteiger partial charge in [-0.05, 0) is 39.6 Å². The molecule has 0 atom stereocenters. The van der Waals surface area contributed by atoms with Crippen LogP contribution in [0.5, 0.6) is 0 Å². The minimum absolute atomic E-state index is 0.657. The predicted octanol–water partition coefficient (Wildman–Crippen LogP) is 1.27. The molecule has 4 nitrogen and oxygen atoms in total. The topological polar surface area (TPSA) is 47.3 Å². The lowest BCUT2D eigenvalue weighted by molar-refractivity contribution is -0.0893. The van der Waals surface area contributed by atoms with Crippen LogP contribution in [0.2, 0.25) is 0 Å². The van der Waals surface area contributed by atoms with Crippen molar-refractivity contribution in [1.82, 2.24) is 9.78 Å². The normalized spacial score (nSPS) is 12.5. The highest BCUT2D eigenvalue weighted by Crippen LogP contribution is 2.24. The van der Waals surface area contributed by atoms with Crippen molar-refractivity contribution in [2.45, 2.75) is 51.9 Å². The van der Waals surface area contributed by atoms with Gasteiger partial charge in [0.25, 0.3) is 0 Å². The lowest BCUT2D eigenvalue weighted by Crippen LogP contribution is -2.49. The Bertz CT molecular complexity index is 394. The quantitative estimate of drug-likeness (QED) is 0.584. The summed E-state index contributed by atoms with van der Waals surface area (Å²) in [5, 5.41) is 14.2. The number of hydrogen-bond donors (Lipinski definition) is 1. The summed E-state index contributed by atoms with van der Waals surface area (Å²) in [4.78, 5) is 0. The molecule has 0 fully saturated rings. The van der Waals surface area contributed by atoms with Crippen LogP contribution in [0.25, 0.3) is 0 Å². The van der Waals surface area contributed by atoms with Crippen LogP contribution in [0.1, 0.15) is 34.1 Å². The second kappa shape index (κ2) is 5.72. The summed E-state index contributed by atoms with van der Waals surface area (Å²) in [6.45, 7) is 11.7. The zero-order valence-electron chi connectivity index (χ0n) is 11.7. The Labute approximate surface area is 110 Å². The van der Waals surface area contributed by atoms with Gasteiger partial charge in [-0.25, -0.2) is 0 Å². The zero-order chi connectivity index (χ0) is 13.8. The van der Waals surface area contributed by atoms with E-state index in [0.29, 0.717) is 0 Å². The van der Waals surface area contributed by atoms with Crippen molar-refractivity contribution in [2.75, 3.05) is 0 Å². The van der Waals surface area contributed by atoms with E-state index in [-0.39, 0.29) is 0 Å². The molecule has 0 aliphatic carbocycles. The molecular formula is C13H22BN2O2. The molecule has 1 rings (SSSR count). The molecule has 0 amide bonds. The van der Waals surface area contributed by atoms with Crippen LogP contribution in [0.4, 0.5) is 0 Å². The van der Waals surface area contributed by atoms with Gasteiger partial charge in [0.05, 0.1) is 11.2 Å². The van der Waals surface area contributed by atoms with Gasteiger partial charge < -0.3 is 9.76 Å². The van der Waals surface area contributed by atoms with Crippen molar-refractivity contribution in [3.63, 3.8) is 0 Å². The van der Waals surface area contributed by atoms with Gasteiger partial charge in [-0.2, -0.15) is 5.10 Å². The summed E-state index contributed by atoms with van der Waals surface area (Å²) < 4.78 is 7.49. The molecule has 99 valence electrons. The summed E-state index contributed by atoms with van der Waals surface area (Å²) in [5.74, 6) is 0. The van der Waals surface area contributed by atoms with E-state index in [1.165, 1.54) is 0 Å². The molecule has 1 aromatic rings. The average Bonchev–Trinajstić information content (AvgIpc) is 2.70. The van der Waals surface area contributed by atoms with E-state index in [2.05, 4.69) is 11.7 Å². The number of aryl methyl sites for hydroxylation is 1. The van der Waals surface area contributed by atoms with Gasteiger partial charge >= 0.3 is 7.48 Å². The van der Waals surface area contributed by atoms with E-state index >= 15 is 0 Å². The molecule has 18 heavy (non-hydrogen) atoms. The average molecular weight is 249 g/mol. The summed E-state index contributed by atoms with van der Waals surface area (Å²) in [5.41, 5.74) is -0.685. The molecule has 0 bridgehead atoms. The number of aromatic nitrogens is 2. The summed E-state index contributed by atoms with van der Waals surface area (Å²) in [6.07, 6.45) is 6.39. The maximum atomic E-state index is 9.97. The molecule has 1 aromatic heterocycles. The monoisotopic (exact) mass is 249 g/mol. The van der Waals surface area contributed by atoms with Gasteiger partial charge in [0, 0.05) is 18.9 Å². The Kier molecular flexibility index (Phi) is 4.76. The van der Waals surface area contributed by atoms with Crippen molar-refractivity contribution in [3.8, 4) is 0 Å². The van der Waals surface area contributed by atoms with Gasteiger partial charge in [0.2, 0.25) is 0 Å². The van der Waals surface area contributed by atoms with Crippen molar-refractivity contribution in [2.24, 2.45) is 0 Å². The fourth-order valence-corrected chi connectivity index (χ4v) is 1.15. The highest BCUT2D eigenvalue weighted by Gasteiger charge is 2.35. The largest absolute Gasteiger partial charge is 0.427 e. The van der Waals surface area contributed by atoms with E-state index in [0.717, 1.165) is 18.4 Å².